The zero-order chi connectivity index (χ0) is 11.9. The van der Waals surface area contributed by atoms with Gasteiger partial charge in [0.05, 0.1) is 12.7 Å². The Kier molecular flexibility index (Phi) is 5.36. The van der Waals surface area contributed by atoms with Crippen molar-refractivity contribution in [1.82, 2.24) is 0 Å². The molecule has 2 nitrogen and oxygen atoms in total. The number of hydrogen-bond donors (Lipinski definition) is 1. The van der Waals surface area contributed by atoms with Gasteiger partial charge in [0.15, 0.2) is 0 Å². The SMILES string of the molecule is OC1CSCC1CCCOCc1ccccc1. The molecule has 0 saturated carbocycles. The van der Waals surface area contributed by atoms with Crippen LogP contribution >= 0.6 is 11.8 Å². The highest BCUT2D eigenvalue weighted by Crippen LogP contribution is 2.27. The van der Waals surface area contributed by atoms with Crippen LogP contribution in [0.25, 0.3) is 0 Å². The molecule has 1 heterocycles. The van der Waals surface area contributed by atoms with Crippen LogP contribution in [0.2, 0.25) is 0 Å². The van der Waals surface area contributed by atoms with Gasteiger partial charge in [0.2, 0.25) is 0 Å². The van der Waals surface area contributed by atoms with E-state index in [0.29, 0.717) is 12.5 Å². The van der Waals surface area contributed by atoms with E-state index in [1.165, 1.54) is 5.56 Å². The Morgan fingerprint density at radius 2 is 2.06 bits per heavy atom. The first-order chi connectivity index (χ1) is 8.36. The molecule has 2 unspecified atom stereocenters. The van der Waals surface area contributed by atoms with Gasteiger partial charge in [0.25, 0.3) is 0 Å². The molecule has 0 aliphatic carbocycles. The van der Waals surface area contributed by atoms with Crippen LogP contribution in [0.1, 0.15) is 18.4 Å². The smallest absolute Gasteiger partial charge is 0.0716 e. The molecule has 94 valence electrons. The molecule has 1 saturated heterocycles. The maximum Gasteiger partial charge on any atom is 0.0716 e. The molecule has 1 aromatic rings. The van der Waals surface area contributed by atoms with Gasteiger partial charge in [0.1, 0.15) is 0 Å². The zero-order valence-electron chi connectivity index (χ0n) is 10.0. The Morgan fingerprint density at radius 1 is 1.24 bits per heavy atom. The second kappa shape index (κ2) is 7.04. The van der Waals surface area contributed by atoms with E-state index in [0.717, 1.165) is 31.0 Å². The Hall–Kier alpha value is -0.510. The first-order valence-corrected chi connectivity index (χ1v) is 7.39. The molecule has 1 N–H and O–H groups in total. The summed E-state index contributed by atoms with van der Waals surface area (Å²) in [5.41, 5.74) is 1.23. The minimum absolute atomic E-state index is 0.0888. The van der Waals surface area contributed by atoms with Crippen LogP contribution in [0.3, 0.4) is 0 Å². The highest BCUT2D eigenvalue weighted by molar-refractivity contribution is 7.99. The van der Waals surface area contributed by atoms with E-state index in [4.69, 9.17) is 4.74 Å². The third kappa shape index (κ3) is 4.34. The van der Waals surface area contributed by atoms with Crippen molar-refractivity contribution >= 4 is 11.8 Å². The zero-order valence-corrected chi connectivity index (χ0v) is 10.9. The van der Waals surface area contributed by atoms with Gasteiger partial charge in [-0.05, 0) is 30.1 Å². The summed E-state index contributed by atoms with van der Waals surface area (Å²) in [6.45, 7) is 1.49. The van der Waals surface area contributed by atoms with E-state index >= 15 is 0 Å². The number of aliphatic hydroxyl groups is 1. The summed E-state index contributed by atoms with van der Waals surface area (Å²) >= 11 is 1.86. The van der Waals surface area contributed by atoms with Crippen LogP contribution in [0.5, 0.6) is 0 Å². The fourth-order valence-corrected chi connectivity index (χ4v) is 3.42. The van der Waals surface area contributed by atoms with Crippen LogP contribution in [-0.2, 0) is 11.3 Å². The van der Waals surface area contributed by atoms with Crippen LogP contribution in [0.4, 0.5) is 0 Å². The van der Waals surface area contributed by atoms with Crippen molar-refractivity contribution in [3.63, 3.8) is 0 Å². The molecule has 2 atom stereocenters. The van der Waals surface area contributed by atoms with Gasteiger partial charge in [0, 0.05) is 12.4 Å². The highest BCUT2D eigenvalue weighted by atomic mass is 32.2. The summed E-state index contributed by atoms with van der Waals surface area (Å²) in [5, 5.41) is 9.66. The molecule has 1 aliphatic heterocycles. The van der Waals surface area contributed by atoms with E-state index in [1.807, 2.05) is 30.0 Å². The Bertz CT molecular complexity index is 315. The normalized spacial score (nSPS) is 24.1. The summed E-state index contributed by atoms with van der Waals surface area (Å²) in [7, 11) is 0. The van der Waals surface area contributed by atoms with Crippen LogP contribution < -0.4 is 0 Å². The summed E-state index contributed by atoms with van der Waals surface area (Å²) in [6.07, 6.45) is 2.05. The molecule has 0 spiro atoms. The first kappa shape index (κ1) is 12.9. The van der Waals surface area contributed by atoms with Crippen molar-refractivity contribution in [1.29, 1.82) is 0 Å². The van der Waals surface area contributed by atoms with Gasteiger partial charge >= 0.3 is 0 Å². The Morgan fingerprint density at radius 3 is 2.76 bits per heavy atom. The minimum atomic E-state index is -0.0888. The fraction of sp³-hybridized carbons (Fsp3) is 0.571. The molecule has 1 aromatic carbocycles. The molecule has 3 heteroatoms. The van der Waals surface area contributed by atoms with Crippen molar-refractivity contribution in [2.45, 2.75) is 25.6 Å². The van der Waals surface area contributed by atoms with Crippen molar-refractivity contribution in [3.05, 3.63) is 35.9 Å². The van der Waals surface area contributed by atoms with Gasteiger partial charge in [-0.2, -0.15) is 11.8 Å². The van der Waals surface area contributed by atoms with Crippen LogP contribution in [-0.4, -0.2) is 29.3 Å². The van der Waals surface area contributed by atoms with E-state index in [-0.39, 0.29) is 6.10 Å². The molecule has 1 fully saturated rings. The number of benzene rings is 1. The van der Waals surface area contributed by atoms with E-state index in [2.05, 4.69) is 12.1 Å². The lowest BCUT2D eigenvalue weighted by atomic mass is 10.0. The molecule has 17 heavy (non-hydrogen) atoms. The fourth-order valence-electron chi connectivity index (χ4n) is 2.07. The maximum absolute atomic E-state index is 9.66. The van der Waals surface area contributed by atoms with E-state index in [1.54, 1.807) is 0 Å². The Labute approximate surface area is 107 Å². The molecule has 2 rings (SSSR count). The lowest BCUT2D eigenvalue weighted by Gasteiger charge is -2.12. The summed E-state index contributed by atoms with van der Waals surface area (Å²) < 4.78 is 5.63. The maximum atomic E-state index is 9.66. The number of rotatable bonds is 6. The molecule has 0 radical (unpaired) electrons. The molecule has 0 amide bonds. The summed E-state index contributed by atoms with van der Waals surface area (Å²) in [6, 6.07) is 10.2. The van der Waals surface area contributed by atoms with Crippen molar-refractivity contribution < 1.29 is 9.84 Å². The van der Waals surface area contributed by atoms with E-state index < -0.39 is 0 Å². The predicted molar refractivity (Wildman–Crippen MR) is 72.2 cm³/mol. The lowest BCUT2D eigenvalue weighted by molar-refractivity contribution is 0.100. The highest BCUT2D eigenvalue weighted by Gasteiger charge is 2.24. The molecule has 1 aliphatic rings. The third-order valence-electron chi connectivity index (χ3n) is 3.14. The predicted octanol–water partition coefficient (Wildman–Crippen LogP) is 2.71. The largest absolute Gasteiger partial charge is 0.392 e. The Balaban J connectivity index is 1.55. The van der Waals surface area contributed by atoms with Crippen molar-refractivity contribution in [2.75, 3.05) is 18.1 Å². The van der Waals surface area contributed by atoms with Gasteiger partial charge in [-0.15, -0.1) is 0 Å². The first-order valence-electron chi connectivity index (χ1n) is 6.24. The monoisotopic (exact) mass is 252 g/mol. The number of ether oxygens (including phenoxy) is 1. The average Bonchev–Trinajstić information content (AvgIpc) is 2.76. The molecular weight excluding hydrogens is 232 g/mol. The molecule has 0 bridgehead atoms. The number of thioether (sulfide) groups is 1. The van der Waals surface area contributed by atoms with Gasteiger partial charge in [-0.1, -0.05) is 30.3 Å². The van der Waals surface area contributed by atoms with E-state index in [9.17, 15) is 5.11 Å². The summed E-state index contributed by atoms with van der Waals surface area (Å²) in [5.74, 6) is 2.51. The van der Waals surface area contributed by atoms with Crippen molar-refractivity contribution in [3.8, 4) is 0 Å². The van der Waals surface area contributed by atoms with Gasteiger partial charge < -0.3 is 9.84 Å². The van der Waals surface area contributed by atoms with Crippen molar-refractivity contribution in [2.24, 2.45) is 5.92 Å². The van der Waals surface area contributed by atoms with Gasteiger partial charge in [-0.3, -0.25) is 0 Å². The molecule has 0 aromatic heterocycles. The summed E-state index contributed by atoms with van der Waals surface area (Å²) in [4.78, 5) is 0. The number of hydrogen-bond acceptors (Lipinski definition) is 3. The second-order valence-electron chi connectivity index (χ2n) is 4.55. The number of aliphatic hydroxyl groups excluding tert-OH is 1. The van der Waals surface area contributed by atoms with Gasteiger partial charge in [-0.25, -0.2) is 0 Å². The van der Waals surface area contributed by atoms with Crippen LogP contribution in [0, 0.1) is 5.92 Å². The topological polar surface area (TPSA) is 29.5 Å². The average molecular weight is 252 g/mol. The third-order valence-corrected chi connectivity index (χ3v) is 4.38. The quantitative estimate of drug-likeness (QED) is 0.789. The molecular formula is C14H20O2S. The minimum Gasteiger partial charge on any atom is -0.392 e. The second-order valence-corrected chi connectivity index (χ2v) is 5.62. The standard InChI is InChI=1S/C14H20O2S/c15-14-11-17-10-13(14)7-4-8-16-9-12-5-2-1-3-6-12/h1-3,5-6,13-15H,4,7-11H2. The van der Waals surface area contributed by atoms with Crippen LogP contribution in [0.15, 0.2) is 30.3 Å². The lowest BCUT2D eigenvalue weighted by Crippen LogP contribution is -2.18.